The van der Waals surface area contributed by atoms with Crippen LogP contribution in [0.15, 0.2) is 53.3 Å². The molecular formula is C20H20N4O4. The van der Waals surface area contributed by atoms with Gasteiger partial charge in [0.2, 0.25) is 5.91 Å². The SMILES string of the molecule is COC(=O)c1ccc(NC(=O)[C@H](C(C)C)n2nnc3ccccc3c2=O)cc1. The summed E-state index contributed by atoms with van der Waals surface area (Å²) in [5.41, 5.74) is 0.966. The van der Waals surface area contributed by atoms with Crippen molar-refractivity contribution < 1.29 is 14.3 Å². The first-order chi connectivity index (χ1) is 13.4. The Labute approximate surface area is 161 Å². The van der Waals surface area contributed by atoms with Gasteiger partial charge in [-0.2, -0.15) is 4.68 Å². The molecule has 0 unspecified atom stereocenters. The summed E-state index contributed by atoms with van der Waals surface area (Å²) in [5.74, 6) is -1.06. The molecule has 0 aliphatic carbocycles. The Bertz CT molecular complexity index is 1070. The van der Waals surface area contributed by atoms with Crippen molar-refractivity contribution in [3.05, 3.63) is 64.4 Å². The zero-order chi connectivity index (χ0) is 20.3. The van der Waals surface area contributed by atoms with Crippen LogP contribution in [0.5, 0.6) is 0 Å². The molecular weight excluding hydrogens is 360 g/mol. The van der Waals surface area contributed by atoms with Crippen molar-refractivity contribution in [3.8, 4) is 0 Å². The first-order valence-electron chi connectivity index (χ1n) is 8.76. The Morgan fingerprint density at radius 1 is 1.07 bits per heavy atom. The summed E-state index contributed by atoms with van der Waals surface area (Å²) >= 11 is 0. The van der Waals surface area contributed by atoms with Crippen LogP contribution in [0.3, 0.4) is 0 Å². The number of rotatable bonds is 5. The number of hydrogen-bond acceptors (Lipinski definition) is 6. The van der Waals surface area contributed by atoms with Crippen molar-refractivity contribution in [2.24, 2.45) is 5.92 Å². The van der Waals surface area contributed by atoms with Gasteiger partial charge in [-0.1, -0.05) is 31.2 Å². The van der Waals surface area contributed by atoms with Crippen molar-refractivity contribution in [1.82, 2.24) is 15.0 Å². The van der Waals surface area contributed by atoms with Gasteiger partial charge in [0, 0.05) is 5.69 Å². The molecule has 2 aromatic carbocycles. The van der Waals surface area contributed by atoms with E-state index in [-0.39, 0.29) is 11.5 Å². The third-order valence-corrected chi connectivity index (χ3v) is 4.33. The van der Waals surface area contributed by atoms with E-state index < -0.39 is 17.9 Å². The average molecular weight is 380 g/mol. The molecule has 1 amide bonds. The van der Waals surface area contributed by atoms with Crippen LogP contribution >= 0.6 is 0 Å². The number of carbonyl (C=O) groups is 2. The van der Waals surface area contributed by atoms with Crippen LogP contribution in [0.4, 0.5) is 5.69 Å². The second-order valence-electron chi connectivity index (χ2n) is 6.60. The van der Waals surface area contributed by atoms with Crippen LogP contribution in [-0.4, -0.2) is 34.0 Å². The third-order valence-electron chi connectivity index (χ3n) is 4.33. The summed E-state index contributed by atoms with van der Waals surface area (Å²) in [5, 5.41) is 11.2. The molecule has 0 saturated heterocycles. The molecule has 1 N–H and O–H groups in total. The van der Waals surface area contributed by atoms with Crippen molar-refractivity contribution >= 4 is 28.5 Å². The Hall–Kier alpha value is -3.55. The van der Waals surface area contributed by atoms with Crippen LogP contribution in [0, 0.1) is 5.92 Å². The van der Waals surface area contributed by atoms with Crippen molar-refractivity contribution in [2.45, 2.75) is 19.9 Å². The standard InChI is InChI=1S/C20H20N4O4/c1-12(2)17(24-19(26)15-6-4-5-7-16(15)22-23-24)18(25)21-14-10-8-13(9-11-14)20(27)28-3/h4-12,17H,1-3H3,(H,21,25)/t17-/m0/s1. The number of esters is 1. The minimum absolute atomic E-state index is 0.206. The molecule has 1 heterocycles. The molecule has 144 valence electrons. The summed E-state index contributed by atoms with van der Waals surface area (Å²) in [6.45, 7) is 3.65. The van der Waals surface area contributed by atoms with Crippen LogP contribution in [0.1, 0.15) is 30.2 Å². The fourth-order valence-corrected chi connectivity index (χ4v) is 2.90. The van der Waals surface area contributed by atoms with Gasteiger partial charge in [0.15, 0.2) is 0 Å². The Morgan fingerprint density at radius 2 is 1.75 bits per heavy atom. The second-order valence-corrected chi connectivity index (χ2v) is 6.60. The minimum atomic E-state index is -0.843. The van der Waals surface area contributed by atoms with Gasteiger partial charge < -0.3 is 10.1 Å². The van der Waals surface area contributed by atoms with E-state index >= 15 is 0 Å². The number of nitrogens with zero attached hydrogens (tertiary/aromatic N) is 3. The molecule has 3 rings (SSSR count). The summed E-state index contributed by atoms with van der Waals surface area (Å²) < 4.78 is 5.77. The van der Waals surface area contributed by atoms with Crippen LogP contribution < -0.4 is 10.9 Å². The van der Waals surface area contributed by atoms with E-state index in [1.54, 1.807) is 48.5 Å². The maximum atomic E-state index is 12.9. The highest BCUT2D eigenvalue weighted by Crippen LogP contribution is 2.19. The highest BCUT2D eigenvalue weighted by Gasteiger charge is 2.27. The number of hydrogen-bond donors (Lipinski definition) is 1. The van der Waals surface area contributed by atoms with E-state index in [1.165, 1.54) is 7.11 Å². The Morgan fingerprint density at radius 3 is 2.39 bits per heavy atom. The molecule has 0 spiro atoms. The van der Waals surface area contributed by atoms with Gasteiger partial charge in [-0.15, -0.1) is 5.10 Å². The number of amides is 1. The van der Waals surface area contributed by atoms with Crippen LogP contribution in [0.2, 0.25) is 0 Å². The fourth-order valence-electron chi connectivity index (χ4n) is 2.90. The number of anilines is 1. The van der Waals surface area contributed by atoms with Crippen molar-refractivity contribution in [2.75, 3.05) is 12.4 Å². The predicted octanol–water partition coefficient (Wildman–Crippen LogP) is 2.41. The summed E-state index contributed by atoms with van der Waals surface area (Å²) in [4.78, 5) is 37.2. The monoisotopic (exact) mass is 380 g/mol. The molecule has 1 aromatic heterocycles. The topological polar surface area (TPSA) is 103 Å². The van der Waals surface area contributed by atoms with Gasteiger partial charge in [-0.05, 0) is 42.3 Å². The molecule has 0 fully saturated rings. The van der Waals surface area contributed by atoms with E-state index in [9.17, 15) is 14.4 Å². The number of nitrogens with one attached hydrogen (secondary N) is 1. The number of fused-ring (bicyclic) bond motifs is 1. The number of methoxy groups -OCH3 is 1. The number of ether oxygens (including phenoxy) is 1. The zero-order valence-electron chi connectivity index (χ0n) is 15.7. The van der Waals surface area contributed by atoms with Gasteiger partial charge in [0.1, 0.15) is 11.6 Å². The lowest BCUT2D eigenvalue weighted by Gasteiger charge is -2.21. The lowest BCUT2D eigenvalue weighted by atomic mass is 10.0. The number of aromatic nitrogens is 3. The number of benzene rings is 2. The Balaban J connectivity index is 1.90. The average Bonchev–Trinajstić information content (AvgIpc) is 2.70. The zero-order valence-corrected chi connectivity index (χ0v) is 15.7. The van der Waals surface area contributed by atoms with Crippen molar-refractivity contribution in [1.29, 1.82) is 0 Å². The van der Waals surface area contributed by atoms with E-state index in [0.29, 0.717) is 22.2 Å². The molecule has 1 atom stereocenters. The molecule has 0 aliphatic rings. The maximum Gasteiger partial charge on any atom is 0.337 e. The largest absolute Gasteiger partial charge is 0.465 e. The fraction of sp³-hybridized carbons (Fsp3) is 0.250. The predicted molar refractivity (Wildman–Crippen MR) is 104 cm³/mol. The minimum Gasteiger partial charge on any atom is -0.465 e. The Kier molecular flexibility index (Phi) is 5.49. The molecule has 0 saturated carbocycles. The van der Waals surface area contributed by atoms with E-state index in [2.05, 4.69) is 20.4 Å². The summed E-state index contributed by atoms with van der Waals surface area (Å²) in [7, 11) is 1.30. The molecule has 0 aliphatic heterocycles. The van der Waals surface area contributed by atoms with Crippen LogP contribution in [-0.2, 0) is 9.53 Å². The highest BCUT2D eigenvalue weighted by molar-refractivity contribution is 5.95. The van der Waals surface area contributed by atoms with Gasteiger partial charge in [-0.25, -0.2) is 4.79 Å². The van der Waals surface area contributed by atoms with Gasteiger partial charge >= 0.3 is 5.97 Å². The highest BCUT2D eigenvalue weighted by atomic mass is 16.5. The van der Waals surface area contributed by atoms with Gasteiger partial charge in [-0.3, -0.25) is 9.59 Å². The summed E-state index contributed by atoms with van der Waals surface area (Å²) in [6, 6.07) is 12.3. The molecule has 3 aromatic rings. The van der Waals surface area contributed by atoms with E-state index in [1.807, 2.05) is 13.8 Å². The maximum absolute atomic E-state index is 12.9. The van der Waals surface area contributed by atoms with E-state index in [4.69, 9.17) is 0 Å². The molecule has 0 bridgehead atoms. The lowest BCUT2D eigenvalue weighted by molar-refractivity contribution is -0.120. The molecule has 8 nitrogen and oxygen atoms in total. The molecule has 0 radical (unpaired) electrons. The third kappa shape index (κ3) is 3.75. The van der Waals surface area contributed by atoms with Crippen LogP contribution in [0.25, 0.3) is 10.9 Å². The van der Waals surface area contributed by atoms with Gasteiger partial charge in [0.05, 0.1) is 18.1 Å². The molecule has 8 heteroatoms. The first kappa shape index (κ1) is 19.2. The smallest absolute Gasteiger partial charge is 0.337 e. The summed E-state index contributed by atoms with van der Waals surface area (Å²) in [6.07, 6.45) is 0. The molecule has 28 heavy (non-hydrogen) atoms. The number of carbonyl (C=O) groups excluding carboxylic acids is 2. The van der Waals surface area contributed by atoms with Crippen molar-refractivity contribution in [3.63, 3.8) is 0 Å². The second kappa shape index (κ2) is 7.99. The normalized spacial score (nSPS) is 12.0. The lowest BCUT2D eigenvalue weighted by Crippen LogP contribution is -2.38. The first-order valence-corrected chi connectivity index (χ1v) is 8.76. The van der Waals surface area contributed by atoms with Gasteiger partial charge in [0.25, 0.3) is 5.56 Å². The van der Waals surface area contributed by atoms with E-state index in [0.717, 1.165) is 4.68 Å². The quantitative estimate of drug-likeness (QED) is 0.682.